The fourth-order valence-electron chi connectivity index (χ4n) is 3.05. The number of carbonyl (C=O) groups is 2. The van der Waals surface area contributed by atoms with Crippen molar-refractivity contribution in [3.8, 4) is 0 Å². The molecular formula is C20H33N3O6. The van der Waals surface area contributed by atoms with Crippen LogP contribution in [-0.2, 0) is 42.1 Å². The highest BCUT2D eigenvalue weighted by Crippen LogP contribution is 2.40. The molecule has 0 bridgehead atoms. The molecule has 2 rings (SSSR count). The van der Waals surface area contributed by atoms with E-state index in [4.69, 9.17) is 18.9 Å². The van der Waals surface area contributed by atoms with Crippen molar-refractivity contribution >= 4 is 11.9 Å². The molecule has 0 aromatic carbocycles. The van der Waals surface area contributed by atoms with Gasteiger partial charge in [0.25, 0.3) is 0 Å². The van der Waals surface area contributed by atoms with Gasteiger partial charge in [0.2, 0.25) is 5.91 Å². The lowest BCUT2D eigenvalue weighted by Gasteiger charge is -2.22. The maximum absolute atomic E-state index is 12.7. The van der Waals surface area contributed by atoms with Gasteiger partial charge < -0.3 is 23.8 Å². The summed E-state index contributed by atoms with van der Waals surface area (Å²) in [7, 11) is 3.48. The molecule has 0 spiro atoms. The van der Waals surface area contributed by atoms with Crippen LogP contribution in [0.3, 0.4) is 0 Å². The van der Waals surface area contributed by atoms with E-state index in [1.54, 1.807) is 23.6 Å². The molecule has 0 aliphatic heterocycles. The minimum atomic E-state index is -0.178. The Labute approximate surface area is 172 Å². The average Bonchev–Trinajstić information content (AvgIpc) is 3.38. The van der Waals surface area contributed by atoms with Crippen LogP contribution in [-0.4, -0.2) is 79.9 Å². The molecule has 0 radical (unpaired) electrons. The molecule has 9 heteroatoms. The van der Waals surface area contributed by atoms with Crippen molar-refractivity contribution in [3.05, 3.63) is 17.5 Å². The number of esters is 1. The summed E-state index contributed by atoms with van der Waals surface area (Å²) in [5.41, 5.74) is 1.84. The summed E-state index contributed by atoms with van der Waals surface area (Å²) >= 11 is 0. The molecule has 1 aliphatic rings. The Bertz CT molecular complexity index is 643. The van der Waals surface area contributed by atoms with Crippen LogP contribution in [0.5, 0.6) is 0 Å². The van der Waals surface area contributed by atoms with Gasteiger partial charge in [0.05, 0.1) is 51.2 Å². The normalized spacial score (nSPS) is 17.9. The van der Waals surface area contributed by atoms with Crippen molar-refractivity contribution in [1.82, 2.24) is 14.7 Å². The van der Waals surface area contributed by atoms with Crippen molar-refractivity contribution in [1.29, 1.82) is 0 Å². The maximum Gasteiger partial charge on any atom is 0.309 e. The van der Waals surface area contributed by atoms with Crippen LogP contribution in [0, 0.1) is 18.8 Å². The Kier molecular flexibility index (Phi) is 9.56. The largest absolute Gasteiger partial charge is 0.466 e. The van der Waals surface area contributed by atoms with Gasteiger partial charge in [-0.25, -0.2) is 0 Å². The smallest absolute Gasteiger partial charge is 0.309 e. The van der Waals surface area contributed by atoms with Crippen molar-refractivity contribution in [2.75, 3.05) is 53.3 Å². The molecule has 1 fully saturated rings. The highest BCUT2D eigenvalue weighted by atomic mass is 16.5. The highest BCUT2D eigenvalue weighted by molar-refractivity contribution is 5.78. The molecular weight excluding hydrogens is 378 g/mol. The van der Waals surface area contributed by atoms with E-state index in [1.807, 2.05) is 20.0 Å². The molecule has 9 nitrogen and oxygen atoms in total. The zero-order chi connectivity index (χ0) is 21.2. The van der Waals surface area contributed by atoms with Gasteiger partial charge in [-0.1, -0.05) is 0 Å². The summed E-state index contributed by atoms with van der Waals surface area (Å²) in [5, 5.41) is 4.44. The van der Waals surface area contributed by atoms with E-state index >= 15 is 0 Å². The second-order valence-electron chi connectivity index (χ2n) is 7.19. The zero-order valence-corrected chi connectivity index (χ0v) is 17.9. The molecule has 0 saturated heterocycles. The van der Waals surface area contributed by atoms with Crippen LogP contribution in [0.25, 0.3) is 0 Å². The molecule has 1 saturated carbocycles. The zero-order valence-electron chi connectivity index (χ0n) is 17.9. The average molecular weight is 411 g/mol. The van der Waals surface area contributed by atoms with Crippen LogP contribution in [0.15, 0.2) is 6.07 Å². The topological polar surface area (TPSA) is 92.1 Å². The van der Waals surface area contributed by atoms with E-state index in [2.05, 4.69) is 5.10 Å². The van der Waals surface area contributed by atoms with E-state index < -0.39 is 0 Å². The molecule has 1 heterocycles. The van der Waals surface area contributed by atoms with Gasteiger partial charge in [0, 0.05) is 26.4 Å². The predicted octanol–water partition coefficient (Wildman–Crippen LogP) is 0.936. The molecule has 1 amide bonds. The molecule has 1 aromatic rings. The number of amides is 1. The molecule has 1 aliphatic carbocycles. The SMILES string of the molecule is CCOC(=O)[C@@H]1C[C@H]1CN(Cc1cc(C)n(C)n1)C(=O)COCCOCCOC. The van der Waals surface area contributed by atoms with Crippen molar-refractivity contribution in [2.45, 2.75) is 26.8 Å². The first kappa shape index (κ1) is 23.3. The summed E-state index contributed by atoms with van der Waals surface area (Å²) in [6.45, 7) is 6.75. The minimum absolute atomic E-state index is 0.0315. The summed E-state index contributed by atoms with van der Waals surface area (Å²) in [5.74, 6) is -0.297. The Morgan fingerprint density at radius 3 is 2.62 bits per heavy atom. The minimum Gasteiger partial charge on any atom is -0.466 e. The number of methoxy groups -OCH3 is 1. The second-order valence-corrected chi connectivity index (χ2v) is 7.19. The summed E-state index contributed by atoms with van der Waals surface area (Å²) in [6, 6.07) is 1.96. The van der Waals surface area contributed by atoms with Crippen LogP contribution < -0.4 is 0 Å². The first-order valence-corrected chi connectivity index (χ1v) is 10.0. The number of hydrogen-bond acceptors (Lipinski definition) is 7. The number of hydrogen-bond donors (Lipinski definition) is 0. The first-order chi connectivity index (χ1) is 14.0. The van der Waals surface area contributed by atoms with Crippen molar-refractivity contribution in [2.24, 2.45) is 18.9 Å². The maximum atomic E-state index is 12.7. The monoisotopic (exact) mass is 411 g/mol. The number of aromatic nitrogens is 2. The number of nitrogens with zero attached hydrogens (tertiary/aromatic N) is 3. The number of ether oxygens (including phenoxy) is 4. The van der Waals surface area contributed by atoms with E-state index in [1.165, 1.54) is 0 Å². The third-order valence-corrected chi connectivity index (χ3v) is 4.87. The van der Waals surface area contributed by atoms with Crippen LogP contribution in [0.2, 0.25) is 0 Å². The van der Waals surface area contributed by atoms with Gasteiger partial charge in [0.1, 0.15) is 6.61 Å². The molecule has 0 N–H and O–H groups in total. The third-order valence-electron chi connectivity index (χ3n) is 4.87. The number of carbonyl (C=O) groups excluding carboxylic acids is 2. The van der Waals surface area contributed by atoms with E-state index in [-0.39, 0.29) is 30.3 Å². The Morgan fingerprint density at radius 1 is 1.24 bits per heavy atom. The summed E-state index contributed by atoms with van der Waals surface area (Å²) < 4.78 is 22.6. The van der Waals surface area contributed by atoms with E-state index in [0.717, 1.165) is 17.8 Å². The van der Waals surface area contributed by atoms with Crippen molar-refractivity contribution in [3.63, 3.8) is 0 Å². The lowest BCUT2D eigenvalue weighted by Crippen LogP contribution is -2.36. The Morgan fingerprint density at radius 2 is 1.97 bits per heavy atom. The lowest BCUT2D eigenvalue weighted by molar-refractivity contribution is -0.145. The Hall–Kier alpha value is -1.97. The third kappa shape index (κ3) is 7.75. The fraction of sp³-hybridized carbons (Fsp3) is 0.750. The predicted molar refractivity (Wildman–Crippen MR) is 105 cm³/mol. The van der Waals surface area contributed by atoms with Gasteiger partial charge in [-0.15, -0.1) is 0 Å². The summed E-state index contributed by atoms with van der Waals surface area (Å²) in [6.07, 6.45) is 0.748. The highest BCUT2D eigenvalue weighted by Gasteiger charge is 2.45. The quantitative estimate of drug-likeness (QED) is 0.332. The van der Waals surface area contributed by atoms with Gasteiger partial charge in [0.15, 0.2) is 0 Å². The number of rotatable bonds is 14. The molecule has 164 valence electrons. The Balaban J connectivity index is 1.85. The van der Waals surface area contributed by atoms with Gasteiger partial charge >= 0.3 is 5.97 Å². The standard InChI is InChI=1S/C20H33N3O6/c1-5-29-20(25)18-11-16(18)12-23(13-17-10-15(2)22(3)21-17)19(24)14-28-9-8-27-7-6-26-4/h10,16,18H,5-9,11-14H2,1-4H3/t16-,18+/m0/s1. The van der Waals surface area contributed by atoms with Crippen LogP contribution >= 0.6 is 0 Å². The fourth-order valence-corrected chi connectivity index (χ4v) is 3.05. The summed E-state index contributed by atoms with van der Waals surface area (Å²) in [4.78, 5) is 26.4. The van der Waals surface area contributed by atoms with Crippen LogP contribution in [0.1, 0.15) is 24.7 Å². The number of aryl methyl sites for hydroxylation is 2. The van der Waals surface area contributed by atoms with E-state index in [0.29, 0.717) is 46.1 Å². The lowest BCUT2D eigenvalue weighted by atomic mass is 10.2. The first-order valence-electron chi connectivity index (χ1n) is 10.0. The molecule has 1 aromatic heterocycles. The molecule has 29 heavy (non-hydrogen) atoms. The second kappa shape index (κ2) is 11.9. The van der Waals surface area contributed by atoms with Gasteiger partial charge in [-0.2, -0.15) is 5.10 Å². The van der Waals surface area contributed by atoms with Gasteiger partial charge in [-0.3, -0.25) is 14.3 Å². The van der Waals surface area contributed by atoms with Gasteiger partial charge in [-0.05, 0) is 32.3 Å². The van der Waals surface area contributed by atoms with E-state index in [9.17, 15) is 9.59 Å². The molecule has 0 unspecified atom stereocenters. The van der Waals surface area contributed by atoms with Crippen molar-refractivity contribution < 1.29 is 28.5 Å². The van der Waals surface area contributed by atoms with Crippen LogP contribution in [0.4, 0.5) is 0 Å². The molecule has 2 atom stereocenters.